The number of ether oxygens (including phenoxy) is 1. The van der Waals surface area contributed by atoms with E-state index < -0.39 is 17.5 Å². The highest BCUT2D eigenvalue weighted by Crippen LogP contribution is 2.41. The maximum atomic E-state index is 13.0. The highest BCUT2D eigenvalue weighted by atomic mass is 16.5. The zero-order chi connectivity index (χ0) is 21.4. The monoisotopic (exact) mass is 424 g/mol. The van der Waals surface area contributed by atoms with E-state index in [9.17, 15) is 14.7 Å². The molecule has 0 saturated carbocycles. The predicted octanol–water partition coefficient (Wildman–Crippen LogP) is -0.635. The predicted molar refractivity (Wildman–Crippen MR) is 103 cm³/mol. The Hall–Kier alpha value is -3.51. The van der Waals surface area contributed by atoms with Crippen LogP contribution in [0.25, 0.3) is 5.82 Å². The van der Waals surface area contributed by atoms with Crippen LogP contribution in [0.2, 0.25) is 0 Å². The normalized spacial score (nSPS) is 21.6. The molecular weight excluding hydrogens is 404 g/mol. The molecule has 0 aliphatic carbocycles. The van der Waals surface area contributed by atoms with Crippen LogP contribution in [0.5, 0.6) is 0 Å². The van der Waals surface area contributed by atoms with Gasteiger partial charge in [-0.1, -0.05) is 6.08 Å². The maximum Gasteiger partial charge on any atom is 0.333 e. The molecule has 0 bridgehead atoms. The number of amides is 1. The molecule has 1 atom stereocenters. The summed E-state index contributed by atoms with van der Waals surface area (Å²) in [7, 11) is 0. The lowest BCUT2D eigenvalue weighted by Gasteiger charge is -2.38. The quantitative estimate of drug-likeness (QED) is 0.617. The van der Waals surface area contributed by atoms with Gasteiger partial charge in [-0.25, -0.2) is 9.78 Å². The molecule has 160 valence electrons. The minimum Gasteiger partial charge on any atom is -0.456 e. The lowest BCUT2D eigenvalue weighted by atomic mass is 9.78. The summed E-state index contributed by atoms with van der Waals surface area (Å²) in [6, 6.07) is 0. The van der Waals surface area contributed by atoms with Crippen molar-refractivity contribution in [2.24, 2.45) is 5.41 Å². The molecule has 3 aliphatic heterocycles. The topological polar surface area (TPSA) is 139 Å². The van der Waals surface area contributed by atoms with E-state index in [1.807, 2.05) is 6.08 Å². The molecule has 0 aromatic carbocycles. The van der Waals surface area contributed by atoms with Crippen molar-refractivity contribution in [2.45, 2.75) is 18.9 Å². The van der Waals surface area contributed by atoms with Crippen LogP contribution in [-0.2, 0) is 14.3 Å². The third-order valence-corrected chi connectivity index (χ3v) is 5.91. The molecule has 2 aromatic rings. The number of piperidine rings is 1. The van der Waals surface area contributed by atoms with Gasteiger partial charge in [0.25, 0.3) is 0 Å². The molecule has 1 fully saturated rings. The van der Waals surface area contributed by atoms with Gasteiger partial charge in [-0.3, -0.25) is 14.7 Å². The van der Waals surface area contributed by atoms with Crippen LogP contribution < -0.4 is 0 Å². The number of β-amino-alcohol motifs (C(OH)–C–C–N with tert-alkyl or cyclic N) is 1. The molecule has 1 N–H and O–H groups in total. The van der Waals surface area contributed by atoms with Gasteiger partial charge in [0.05, 0.1) is 29.2 Å². The lowest BCUT2D eigenvalue weighted by molar-refractivity contribution is -0.137. The molecule has 1 spiro atoms. The van der Waals surface area contributed by atoms with Crippen LogP contribution in [0.4, 0.5) is 0 Å². The number of carbonyl (C=O) groups is 2. The summed E-state index contributed by atoms with van der Waals surface area (Å²) in [6.45, 7) is 1.83. The number of hydrogen-bond donors (Lipinski definition) is 1. The number of likely N-dealkylation sites (tertiary alicyclic amines) is 1. The fourth-order valence-electron chi connectivity index (χ4n) is 4.07. The largest absolute Gasteiger partial charge is 0.456 e. The van der Waals surface area contributed by atoms with Crippen molar-refractivity contribution in [1.29, 1.82) is 0 Å². The van der Waals surface area contributed by atoms with Crippen molar-refractivity contribution in [3.63, 3.8) is 0 Å². The Morgan fingerprint density at radius 2 is 2.03 bits per heavy atom. The number of aliphatic hydroxyl groups is 1. The van der Waals surface area contributed by atoms with Crippen molar-refractivity contribution in [3.8, 4) is 5.82 Å². The van der Waals surface area contributed by atoms with Crippen molar-refractivity contribution in [2.75, 3.05) is 26.2 Å². The molecule has 31 heavy (non-hydrogen) atoms. The Balaban J connectivity index is 1.18. The van der Waals surface area contributed by atoms with Gasteiger partial charge in [-0.15, -0.1) is 5.10 Å². The molecule has 0 radical (unpaired) electrons. The first-order valence-corrected chi connectivity index (χ1v) is 9.90. The average Bonchev–Trinajstić information content (AvgIpc) is 3.53. The molecule has 1 saturated heterocycles. The summed E-state index contributed by atoms with van der Waals surface area (Å²) in [5.41, 5.74) is 0.462. The van der Waals surface area contributed by atoms with Crippen molar-refractivity contribution < 1.29 is 19.4 Å². The second kappa shape index (κ2) is 7.63. The number of carbonyl (C=O) groups excluding carboxylic acids is 2. The summed E-state index contributed by atoms with van der Waals surface area (Å²) in [6.07, 6.45) is 9.92. The molecule has 2 aromatic heterocycles. The smallest absolute Gasteiger partial charge is 0.333 e. The highest BCUT2D eigenvalue weighted by molar-refractivity contribution is 5.93. The molecule has 3 aliphatic rings. The molecular formula is C19H20N8O4. The minimum atomic E-state index is -0.803. The molecule has 5 heterocycles. The number of cyclic esters (lactones) is 1. The first kappa shape index (κ1) is 19.5. The van der Waals surface area contributed by atoms with Crippen LogP contribution in [0, 0.1) is 5.41 Å². The number of tetrazole rings is 1. The first-order valence-electron chi connectivity index (χ1n) is 9.90. The maximum absolute atomic E-state index is 13.0. The number of rotatable bonds is 5. The number of aliphatic hydroxyl groups excluding tert-OH is 1. The van der Waals surface area contributed by atoms with Gasteiger partial charge >= 0.3 is 5.97 Å². The van der Waals surface area contributed by atoms with E-state index in [1.165, 1.54) is 34.4 Å². The number of esters is 1. The van der Waals surface area contributed by atoms with Gasteiger partial charge in [-0.2, -0.15) is 4.68 Å². The van der Waals surface area contributed by atoms with E-state index in [0.717, 1.165) is 0 Å². The van der Waals surface area contributed by atoms with Gasteiger partial charge in [0, 0.05) is 18.8 Å². The molecule has 5 rings (SSSR count). The first-order chi connectivity index (χ1) is 15.0. The number of hydrogen-bond acceptors (Lipinski definition) is 10. The Morgan fingerprint density at radius 3 is 2.68 bits per heavy atom. The van der Waals surface area contributed by atoms with Crippen LogP contribution in [-0.4, -0.2) is 83.2 Å². The van der Waals surface area contributed by atoms with E-state index in [4.69, 9.17) is 4.74 Å². The Labute approximate surface area is 176 Å². The van der Waals surface area contributed by atoms with Crippen molar-refractivity contribution >= 4 is 11.9 Å². The summed E-state index contributed by atoms with van der Waals surface area (Å²) >= 11 is 0. The molecule has 12 heteroatoms. The second-order valence-corrected chi connectivity index (χ2v) is 7.76. The Kier molecular flexibility index (Phi) is 4.79. The van der Waals surface area contributed by atoms with Gasteiger partial charge in [-0.05, 0) is 36.4 Å². The van der Waals surface area contributed by atoms with Crippen LogP contribution in [0.1, 0.15) is 24.6 Å². The molecule has 1 amide bonds. The van der Waals surface area contributed by atoms with Gasteiger partial charge in [0.1, 0.15) is 19.0 Å². The summed E-state index contributed by atoms with van der Waals surface area (Å²) in [5.74, 6) is 0.0118. The fraction of sp³-hybridized carbons (Fsp3) is 0.421. The number of aromatic nitrogens is 6. The number of nitrogens with zero attached hydrogens (tertiary/aromatic N) is 8. The van der Waals surface area contributed by atoms with Crippen LogP contribution >= 0.6 is 0 Å². The Bertz CT molecular complexity index is 1040. The van der Waals surface area contributed by atoms with Crippen molar-refractivity contribution in [1.82, 2.24) is 40.0 Å². The average molecular weight is 424 g/mol. The van der Waals surface area contributed by atoms with Crippen molar-refractivity contribution in [3.05, 3.63) is 48.5 Å². The van der Waals surface area contributed by atoms with Gasteiger partial charge in [0.2, 0.25) is 5.91 Å². The van der Waals surface area contributed by atoms with Gasteiger partial charge in [0.15, 0.2) is 5.82 Å². The SMILES string of the molecule is O=C1C=C(N2C=CC3(CCN(C[C@H](O)c4cnc(-n5cnnn5)cn4)CC3)C2=O)CO1. The highest BCUT2D eigenvalue weighted by Gasteiger charge is 2.46. The van der Waals surface area contributed by atoms with E-state index in [0.29, 0.717) is 49.7 Å². The third-order valence-electron chi connectivity index (χ3n) is 5.91. The second-order valence-electron chi connectivity index (χ2n) is 7.76. The van der Waals surface area contributed by atoms with Crippen LogP contribution in [0.15, 0.2) is 42.8 Å². The zero-order valence-electron chi connectivity index (χ0n) is 16.5. The summed E-state index contributed by atoms with van der Waals surface area (Å²) in [5, 5.41) is 21.4. The minimum absolute atomic E-state index is 0.0266. The van der Waals surface area contributed by atoms with Crippen LogP contribution in [0.3, 0.4) is 0 Å². The molecule has 12 nitrogen and oxygen atoms in total. The summed E-state index contributed by atoms with van der Waals surface area (Å²) in [4.78, 5) is 36.5. The molecule has 0 unspecified atom stereocenters. The van der Waals surface area contributed by atoms with E-state index in [2.05, 4.69) is 30.4 Å². The zero-order valence-corrected chi connectivity index (χ0v) is 16.5. The van der Waals surface area contributed by atoms with Gasteiger partial charge < -0.3 is 14.7 Å². The van der Waals surface area contributed by atoms with E-state index in [1.54, 1.807) is 6.20 Å². The third kappa shape index (κ3) is 3.59. The van der Waals surface area contributed by atoms with E-state index >= 15 is 0 Å². The standard InChI is InChI=1S/C19H20N8O4/c28-15(14-8-21-16(9-20-14)27-12-22-23-24-27)10-25-4-1-19(2-5-25)3-6-26(18(19)30)13-7-17(29)31-11-13/h3,6-9,12,15,28H,1-2,4-5,10-11H2/t15-/m0/s1. The fourth-order valence-corrected chi connectivity index (χ4v) is 4.07. The van der Waals surface area contributed by atoms with E-state index in [-0.39, 0.29) is 12.5 Å². The Morgan fingerprint density at radius 1 is 1.19 bits per heavy atom. The summed E-state index contributed by atoms with van der Waals surface area (Å²) < 4.78 is 6.30. The lowest BCUT2D eigenvalue weighted by Crippen LogP contribution is -2.46.